The molecular formula is C5H11BO2. The van der Waals surface area contributed by atoms with Crippen molar-refractivity contribution in [2.24, 2.45) is 5.92 Å². The second-order valence-electron chi connectivity index (χ2n) is 2.37. The van der Waals surface area contributed by atoms with Crippen LogP contribution in [-0.2, 0) is 4.79 Å². The van der Waals surface area contributed by atoms with Gasteiger partial charge in [0.05, 0.1) is 0 Å². The number of hydrogen-bond acceptors (Lipinski definition) is 1. The Kier molecular flexibility index (Phi) is 2.59. The van der Waals surface area contributed by atoms with Crippen LogP contribution in [0.1, 0.15) is 13.8 Å². The summed E-state index contributed by atoms with van der Waals surface area (Å²) in [6.07, 6.45) is 0. The molecule has 1 atom stereocenters. The van der Waals surface area contributed by atoms with E-state index in [0.717, 1.165) is 0 Å². The molecule has 46 valence electrons. The Morgan fingerprint density at radius 1 is 1.62 bits per heavy atom. The van der Waals surface area contributed by atoms with Crippen LogP contribution in [0.3, 0.4) is 0 Å². The van der Waals surface area contributed by atoms with Crippen molar-refractivity contribution < 1.29 is 9.90 Å². The first kappa shape index (κ1) is 7.53. The topological polar surface area (TPSA) is 37.3 Å². The number of carboxylic acids is 1. The van der Waals surface area contributed by atoms with Crippen LogP contribution in [0, 0.1) is 5.92 Å². The first-order valence-corrected chi connectivity index (χ1v) is 2.78. The van der Waals surface area contributed by atoms with Gasteiger partial charge in [-0.15, -0.1) is 0 Å². The lowest BCUT2D eigenvalue weighted by Crippen LogP contribution is -2.12. The Labute approximate surface area is 50.3 Å². The van der Waals surface area contributed by atoms with Gasteiger partial charge >= 0.3 is 0 Å². The lowest BCUT2D eigenvalue weighted by Gasteiger charge is -2.07. The molecule has 0 aliphatic rings. The number of carboxylic acid groups (broad SMARTS) is 1. The molecule has 0 unspecified atom stereocenters. The molecule has 0 aliphatic carbocycles. The van der Waals surface area contributed by atoms with E-state index in [1.807, 2.05) is 13.8 Å². The number of hydrogen-bond donors (Lipinski definition) is 1. The molecule has 0 radical (unpaired) electrons. The van der Waals surface area contributed by atoms with Gasteiger partial charge in [-0.3, -0.25) is 4.79 Å². The van der Waals surface area contributed by atoms with E-state index in [2.05, 4.69) is 0 Å². The Hall–Kier alpha value is -0.465. The highest BCUT2D eigenvalue weighted by Crippen LogP contribution is 2.11. The molecule has 0 aliphatic heterocycles. The minimum atomic E-state index is -0.708. The van der Waals surface area contributed by atoms with Gasteiger partial charge in [-0.2, -0.15) is 0 Å². The third kappa shape index (κ3) is 2.00. The molecule has 0 rings (SSSR count). The highest BCUT2D eigenvalue weighted by atomic mass is 16.4. The summed E-state index contributed by atoms with van der Waals surface area (Å²) in [6.45, 7) is 3.80. The molecule has 1 N–H and O–H groups in total. The summed E-state index contributed by atoms with van der Waals surface area (Å²) in [7, 11) is 1.72. The summed E-state index contributed by atoms with van der Waals surface area (Å²) in [6, 6.07) is 0. The van der Waals surface area contributed by atoms with Crippen LogP contribution in [0.2, 0.25) is 5.82 Å². The number of carbonyl (C=O) groups is 1. The zero-order valence-corrected chi connectivity index (χ0v) is 5.51. The molecule has 8 heavy (non-hydrogen) atoms. The van der Waals surface area contributed by atoms with Crippen LogP contribution in [0.25, 0.3) is 0 Å². The van der Waals surface area contributed by atoms with E-state index in [-0.39, 0.29) is 11.7 Å². The molecule has 0 aromatic rings. The Morgan fingerprint density at radius 2 is 2.00 bits per heavy atom. The Bertz CT molecular complexity index is 90.4. The smallest absolute Gasteiger partial charge is 0.298 e. The van der Waals surface area contributed by atoms with Crippen LogP contribution in [0.5, 0.6) is 0 Å². The van der Waals surface area contributed by atoms with Crippen molar-refractivity contribution in [2.45, 2.75) is 19.7 Å². The van der Waals surface area contributed by atoms with Gasteiger partial charge in [-0.05, 0) is 5.92 Å². The number of aliphatic carboxylic acids is 1. The molecule has 0 aromatic carbocycles. The van der Waals surface area contributed by atoms with Gasteiger partial charge in [0.1, 0.15) is 7.85 Å². The van der Waals surface area contributed by atoms with E-state index < -0.39 is 5.97 Å². The molecule has 0 heterocycles. The Morgan fingerprint density at radius 3 is 2.00 bits per heavy atom. The van der Waals surface area contributed by atoms with Gasteiger partial charge in [0.25, 0.3) is 5.97 Å². The maximum atomic E-state index is 10.1. The summed E-state index contributed by atoms with van der Waals surface area (Å²) in [4.78, 5) is 10.1. The highest BCUT2D eigenvalue weighted by molar-refractivity contribution is 6.22. The monoisotopic (exact) mass is 114 g/mol. The fourth-order valence-corrected chi connectivity index (χ4v) is 0.285. The second-order valence-corrected chi connectivity index (χ2v) is 2.37. The van der Waals surface area contributed by atoms with Gasteiger partial charge in [0.2, 0.25) is 0 Å². The fraction of sp³-hybridized carbons (Fsp3) is 0.800. The largest absolute Gasteiger partial charge is 0.482 e. The zero-order valence-electron chi connectivity index (χ0n) is 5.51. The van der Waals surface area contributed by atoms with Crippen molar-refractivity contribution in [2.75, 3.05) is 0 Å². The average Bonchev–Trinajstić information content (AvgIpc) is 1.64. The van der Waals surface area contributed by atoms with Crippen molar-refractivity contribution in [3.8, 4) is 0 Å². The van der Waals surface area contributed by atoms with E-state index in [1.54, 1.807) is 7.85 Å². The summed E-state index contributed by atoms with van der Waals surface area (Å²) in [5.41, 5.74) is 0. The molecule has 0 saturated heterocycles. The van der Waals surface area contributed by atoms with E-state index >= 15 is 0 Å². The van der Waals surface area contributed by atoms with E-state index in [9.17, 15) is 4.79 Å². The van der Waals surface area contributed by atoms with Gasteiger partial charge < -0.3 is 5.11 Å². The molecule has 0 aromatic heterocycles. The molecular weight excluding hydrogens is 103 g/mol. The quantitative estimate of drug-likeness (QED) is 0.518. The first-order valence-electron chi connectivity index (χ1n) is 2.78. The minimum Gasteiger partial charge on any atom is -0.482 e. The van der Waals surface area contributed by atoms with Crippen molar-refractivity contribution in [1.82, 2.24) is 0 Å². The number of rotatable bonds is 2. The van der Waals surface area contributed by atoms with E-state index in [0.29, 0.717) is 0 Å². The molecule has 2 nitrogen and oxygen atoms in total. The zero-order chi connectivity index (χ0) is 6.73. The molecule has 0 bridgehead atoms. The van der Waals surface area contributed by atoms with Gasteiger partial charge in [-0.25, -0.2) is 0 Å². The molecule has 0 fully saturated rings. The summed E-state index contributed by atoms with van der Waals surface area (Å²) >= 11 is 0. The predicted molar refractivity (Wildman–Crippen MR) is 34.8 cm³/mol. The van der Waals surface area contributed by atoms with Crippen LogP contribution in [0.4, 0.5) is 0 Å². The van der Waals surface area contributed by atoms with Crippen molar-refractivity contribution in [3.05, 3.63) is 0 Å². The van der Waals surface area contributed by atoms with Gasteiger partial charge in [-0.1, -0.05) is 13.8 Å². The summed E-state index contributed by atoms with van der Waals surface area (Å²) < 4.78 is 0. The molecule has 0 spiro atoms. The third-order valence-corrected chi connectivity index (χ3v) is 1.39. The lowest BCUT2D eigenvalue weighted by molar-refractivity contribution is -0.137. The third-order valence-electron chi connectivity index (χ3n) is 1.39. The maximum absolute atomic E-state index is 10.1. The normalized spacial score (nSPS) is 13.9. The van der Waals surface area contributed by atoms with Gasteiger partial charge in [0, 0.05) is 5.82 Å². The highest BCUT2D eigenvalue weighted by Gasteiger charge is 2.13. The molecule has 3 heteroatoms. The Balaban J connectivity index is 3.64. The molecule has 0 amide bonds. The molecule has 0 saturated carbocycles. The summed E-state index contributed by atoms with van der Waals surface area (Å²) in [5, 5.41) is 8.35. The SMILES string of the molecule is B[C@@H](C(=O)O)C(C)C. The van der Waals surface area contributed by atoms with Crippen molar-refractivity contribution in [1.29, 1.82) is 0 Å². The van der Waals surface area contributed by atoms with Crippen LogP contribution >= 0.6 is 0 Å². The lowest BCUT2D eigenvalue weighted by atomic mass is 9.78. The average molecular weight is 114 g/mol. The van der Waals surface area contributed by atoms with Crippen molar-refractivity contribution >= 4 is 13.8 Å². The first-order chi connectivity index (χ1) is 3.55. The fourth-order valence-electron chi connectivity index (χ4n) is 0.285. The van der Waals surface area contributed by atoms with Crippen LogP contribution in [-0.4, -0.2) is 18.9 Å². The maximum Gasteiger partial charge on any atom is 0.298 e. The van der Waals surface area contributed by atoms with Crippen LogP contribution in [0.15, 0.2) is 0 Å². The second kappa shape index (κ2) is 2.75. The minimum absolute atomic E-state index is 0.213. The van der Waals surface area contributed by atoms with Crippen molar-refractivity contribution in [3.63, 3.8) is 0 Å². The summed E-state index contributed by atoms with van der Waals surface area (Å²) in [5.74, 6) is -0.678. The van der Waals surface area contributed by atoms with Gasteiger partial charge in [0.15, 0.2) is 0 Å². The van der Waals surface area contributed by atoms with E-state index in [4.69, 9.17) is 5.11 Å². The van der Waals surface area contributed by atoms with E-state index in [1.165, 1.54) is 0 Å². The standard InChI is InChI=1S/C5H11BO2/c1-3(2)4(6)5(7)8/h3-4H,6H2,1-2H3,(H,7,8)/t4-/m1/s1. The van der Waals surface area contributed by atoms with Crippen LogP contribution < -0.4 is 0 Å². The predicted octanol–water partition coefficient (Wildman–Crippen LogP) is 0.149.